The van der Waals surface area contributed by atoms with E-state index in [4.69, 9.17) is 9.74 Å². The van der Waals surface area contributed by atoms with Crippen molar-refractivity contribution in [3.05, 3.63) is 16.2 Å². The molecule has 1 fully saturated rings. The number of anilines is 2. The number of benzene rings is 1. The molecule has 136 valence electrons. The van der Waals surface area contributed by atoms with Gasteiger partial charge in [0.25, 0.3) is 0 Å². The lowest BCUT2D eigenvalue weighted by Crippen LogP contribution is -2.38. The Balaban J connectivity index is 2.07. The predicted molar refractivity (Wildman–Crippen MR) is 93.8 cm³/mol. The Bertz CT molecular complexity index is 752. The highest BCUT2D eigenvalue weighted by Crippen LogP contribution is 2.40. The summed E-state index contributed by atoms with van der Waals surface area (Å²) in [6.45, 7) is 6.57. The Morgan fingerprint density at radius 3 is 2.68 bits per heavy atom. The maximum atomic E-state index is 11.6. The number of hydrogen-bond acceptors (Lipinski definition) is 8. The first-order valence-corrected chi connectivity index (χ1v) is 8.54. The van der Waals surface area contributed by atoms with Gasteiger partial charge in [-0.05, 0) is 41.1 Å². The minimum Gasteiger partial charge on any atom is -0.396 e. The molecule has 0 bridgehead atoms. The Kier molecular flexibility index (Phi) is 5.03. The van der Waals surface area contributed by atoms with Crippen LogP contribution in [0.4, 0.5) is 17.1 Å². The molecule has 2 heterocycles. The summed E-state index contributed by atoms with van der Waals surface area (Å²) < 4.78 is 4.82. The monoisotopic (exact) mass is 349 g/mol. The van der Waals surface area contributed by atoms with Crippen LogP contribution in [-0.2, 0) is 0 Å². The van der Waals surface area contributed by atoms with Crippen LogP contribution in [0.5, 0.6) is 0 Å². The number of aromatic nitrogens is 2. The highest BCUT2D eigenvalue weighted by atomic mass is 16.6. The van der Waals surface area contributed by atoms with Crippen molar-refractivity contribution in [3.63, 3.8) is 0 Å². The van der Waals surface area contributed by atoms with Crippen LogP contribution in [-0.4, -0.2) is 46.6 Å². The number of nitrogens with zero attached hydrogens (tertiary/aromatic N) is 4. The average Bonchev–Trinajstić information content (AvgIpc) is 3.02. The smallest absolute Gasteiger partial charge is 0.323 e. The second kappa shape index (κ2) is 7.22. The summed E-state index contributed by atoms with van der Waals surface area (Å²) in [6.07, 6.45) is 1.66. The second-order valence-electron chi connectivity index (χ2n) is 6.87. The van der Waals surface area contributed by atoms with Gasteiger partial charge in [-0.15, -0.1) is 0 Å². The van der Waals surface area contributed by atoms with Gasteiger partial charge in [-0.1, -0.05) is 13.8 Å². The molecule has 0 spiro atoms. The number of nitrogens with one attached hydrogen (secondary N) is 1. The van der Waals surface area contributed by atoms with Crippen molar-refractivity contribution in [2.24, 2.45) is 11.8 Å². The molecule has 25 heavy (non-hydrogen) atoms. The summed E-state index contributed by atoms with van der Waals surface area (Å²) in [5.41, 5.74) is 1.60. The fourth-order valence-electron chi connectivity index (χ4n) is 3.64. The van der Waals surface area contributed by atoms with Crippen molar-refractivity contribution in [3.8, 4) is 0 Å². The third kappa shape index (κ3) is 3.51. The van der Waals surface area contributed by atoms with Gasteiger partial charge in [-0.25, -0.2) is 4.63 Å². The Morgan fingerprint density at radius 1 is 1.36 bits per heavy atom. The third-order valence-electron chi connectivity index (χ3n) is 4.53. The minimum absolute atomic E-state index is 0.0164. The normalized spacial score (nSPS) is 20.8. The van der Waals surface area contributed by atoms with Gasteiger partial charge in [-0.2, -0.15) is 0 Å². The summed E-state index contributed by atoms with van der Waals surface area (Å²) in [4.78, 5) is 13.3. The molecule has 2 aromatic rings. The largest absolute Gasteiger partial charge is 0.396 e. The van der Waals surface area contributed by atoms with Crippen LogP contribution in [0.15, 0.2) is 10.7 Å². The third-order valence-corrected chi connectivity index (χ3v) is 4.53. The van der Waals surface area contributed by atoms with Crippen LogP contribution in [0.3, 0.4) is 0 Å². The van der Waals surface area contributed by atoms with Crippen molar-refractivity contribution < 1.29 is 14.7 Å². The van der Waals surface area contributed by atoms with E-state index in [-0.39, 0.29) is 17.8 Å². The molecule has 1 aromatic carbocycles. The van der Waals surface area contributed by atoms with E-state index < -0.39 is 4.92 Å². The summed E-state index contributed by atoms with van der Waals surface area (Å²) >= 11 is 0. The fourth-order valence-corrected chi connectivity index (χ4v) is 3.64. The van der Waals surface area contributed by atoms with E-state index in [0.29, 0.717) is 36.0 Å². The van der Waals surface area contributed by atoms with Crippen molar-refractivity contribution in [1.29, 1.82) is 0 Å². The van der Waals surface area contributed by atoms with Gasteiger partial charge >= 0.3 is 5.69 Å². The number of nitro benzene ring substituents is 1. The van der Waals surface area contributed by atoms with Crippen molar-refractivity contribution in [1.82, 2.24) is 10.3 Å². The van der Waals surface area contributed by atoms with E-state index in [1.165, 1.54) is 0 Å². The van der Waals surface area contributed by atoms with Gasteiger partial charge in [0, 0.05) is 26.2 Å². The number of aliphatic hydroxyl groups is 1. The molecule has 1 aliphatic rings. The molecule has 2 N–H and O–H groups in total. The van der Waals surface area contributed by atoms with Gasteiger partial charge in [0.1, 0.15) is 5.69 Å². The molecule has 1 aliphatic heterocycles. The lowest BCUT2D eigenvalue weighted by atomic mass is 9.91. The molecule has 0 radical (unpaired) electrons. The Morgan fingerprint density at radius 2 is 2.04 bits per heavy atom. The van der Waals surface area contributed by atoms with E-state index in [1.807, 2.05) is 0 Å². The molecule has 0 saturated carbocycles. The molecular weight excluding hydrogens is 326 g/mol. The zero-order chi connectivity index (χ0) is 18.0. The fraction of sp³-hybridized carbons (Fsp3) is 0.625. The molecule has 1 saturated heterocycles. The van der Waals surface area contributed by atoms with Gasteiger partial charge in [0.15, 0.2) is 5.52 Å². The topological polar surface area (TPSA) is 118 Å². The van der Waals surface area contributed by atoms with E-state index in [1.54, 1.807) is 6.07 Å². The first kappa shape index (κ1) is 17.4. The summed E-state index contributed by atoms with van der Waals surface area (Å²) in [6, 6.07) is 1.76. The van der Waals surface area contributed by atoms with Crippen molar-refractivity contribution in [2.75, 3.05) is 36.5 Å². The molecule has 9 heteroatoms. The van der Waals surface area contributed by atoms with Crippen molar-refractivity contribution in [2.45, 2.75) is 26.7 Å². The molecule has 0 unspecified atom stereocenters. The molecule has 3 rings (SSSR count). The quantitative estimate of drug-likeness (QED) is 0.464. The second-order valence-corrected chi connectivity index (χ2v) is 6.87. The van der Waals surface area contributed by atoms with E-state index in [2.05, 4.69) is 34.4 Å². The first-order chi connectivity index (χ1) is 12.0. The minimum atomic E-state index is -0.473. The predicted octanol–water partition coefficient (Wildman–Crippen LogP) is 2.41. The zero-order valence-corrected chi connectivity index (χ0v) is 14.4. The van der Waals surface area contributed by atoms with Gasteiger partial charge in [-0.3, -0.25) is 10.1 Å². The number of fused-ring (bicyclic) bond motifs is 1. The summed E-state index contributed by atoms with van der Waals surface area (Å²) in [7, 11) is 0. The highest BCUT2D eigenvalue weighted by Gasteiger charge is 2.30. The standard InChI is InChI=1S/C16H23N5O4/c1-10-6-11(2)9-20(8-10)13-7-12(17-4-3-5-22)16(21(23)24)15-14(13)18-25-19-15/h7,10-11,17,22H,3-6,8-9H2,1-2H3/t10-,11-/m0/s1. The summed E-state index contributed by atoms with van der Waals surface area (Å²) in [5.74, 6) is 1.05. The molecular formula is C16H23N5O4. The zero-order valence-electron chi connectivity index (χ0n) is 14.4. The lowest BCUT2D eigenvalue weighted by Gasteiger charge is -2.36. The van der Waals surface area contributed by atoms with Crippen LogP contribution < -0.4 is 10.2 Å². The maximum Gasteiger partial charge on any atom is 0.323 e. The van der Waals surface area contributed by atoms with Crippen LogP contribution in [0.2, 0.25) is 0 Å². The molecule has 0 aliphatic carbocycles. The number of piperidine rings is 1. The number of rotatable bonds is 6. The number of hydrogen-bond donors (Lipinski definition) is 2. The van der Waals surface area contributed by atoms with Gasteiger partial charge < -0.3 is 15.3 Å². The Hall–Kier alpha value is -2.42. The number of aliphatic hydroxyl groups excluding tert-OH is 1. The van der Waals surface area contributed by atoms with Crippen LogP contribution in [0.1, 0.15) is 26.7 Å². The lowest BCUT2D eigenvalue weighted by molar-refractivity contribution is -0.382. The Labute approximate surface area is 145 Å². The van der Waals surface area contributed by atoms with Gasteiger partial charge in [0.05, 0.1) is 10.6 Å². The maximum absolute atomic E-state index is 11.6. The molecule has 2 atom stereocenters. The number of nitro groups is 1. The highest BCUT2D eigenvalue weighted by molar-refractivity contribution is 5.99. The molecule has 1 aromatic heterocycles. The van der Waals surface area contributed by atoms with Crippen molar-refractivity contribution >= 4 is 28.1 Å². The van der Waals surface area contributed by atoms with E-state index >= 15 is 0 Å². The van der Waals surface area contributed by atoms with Crippen LogP contribution in [0.25, 0.3) is 11.0 Å². The van der Waals surface area contributed by atoms with E-state index in [9.17, 15) is 10.1 Å². The van der Waals surface area contributed by atoms with Gasteiger partial charge in [0.2, 0.25) is 5.52 Å². The SMILES string of the molecule is C[C@H]1C[C@H](C)CN(c2cc(NCCCO)c([N+](=O)[O-])c3nonc23)C1. The average molecular weight is 349 g/mol. The molecule has 0 amide bonds. The van der Waals surface area contributed by atoms with Crippen LogP contribution >= 0.6 is 0 Å². The van der Waals surface area contributed by atoms with E-state index in [0.717, 1.165) is 25.2 Å². The first-order valence-electron chi connectivity index (χ1n) is 8.54. The molecule has 9 nitrogen and oxygen atoms in total. The summed E-state index contributed by atoms with van der Waals surface area (Å²) in [5, 5.41) is 31.3. The van der Waals surface area contributed by atoms with Crippen LogP contribution in [0, 0.1) is 22.0 Å².